The number of aryl methyl sites for hydroxylation is 1. The van der Waals surface area contributed by atoms with Crippen LogP contribution in [0.2, 0.25) is 0 Å². The van der Waals surface area contributed by atoms with Crippen molar-refractivity contribution < 1.29 is 0 Å². The summed E-state index contributed by atoms with van der Waals surface area (Å²) in [5.74, 6) is 1.04. The molecular formula is C16H16N2. The Labute approximate surface area is 107 Å². The van der Waals surface area contributed by atoms with Crippen LogP contribution in [-0.4, -0.2) is 9.55 Å². The van der Waals surface area contributed by atoms with Crippen molar-refractivity contribution in [2.45, 2.75) is 19.8 Å². The zero-order chi connectivity index (χ0) is 12.4. The predicted molar refractivity (Wildman–Crippen MR) is 75.0 cm³/mol. The molecule has 1 aliphatic rings. The van der Waals surface area contributed by atoms with Crippen LogP contribution in [0, 0.1) is 6.92 Å². The number of imidazole rings is 1. The Hall–Kier alpha value is -2.09. The molecule has 3 rings (SSSR count). The fourth-order valence-electron chi connectivity index (χ4n) is 2.37. The Morgan fingerprint density at radius 2 is 2.00 bits per heavy atom. The van der Waals surface area contributed by atoms with Gasteiger partial charge in [0.25, 0.3) is 0 Å². The van der Waals surface area contributed by atoms with Gasteiger partial charge in [-0.05, 0) is 25.8 Å². The molecule has 1 aromatic carbocycles. The Bertz CT molecular complexity index is 603. The van der Waals surface area contributed by atoms with Gasteiger partial charge in [-0.25, -0.2) is 4.98 Å². The molecule has 2 aromatic rings. The zero-order valence-corrected chi connectivity index (χ0v) is 10.5. The molecule has 0 radical (unpaired) electrons. The third kappa shape index (κ3) is 1.90. The topological polar surface area (TPSA) is 17.8 Å². The van der Waals surface area contributed by atoms with Crippen molar-refractivity contribution in [2.75, 3.05) is 0 Å². The maximum Gasteiger partial charge on any atom is 0.144 e. The van der Waals surface area contributed by atoms with Crippen LogP contribution in [0.15, 0.2) is 54.8 Å². The SMILES string of the molecule is Cc1cnc(-c2ccccc2)n1C1=CC=CCC1. The maximum absolute atomic E-state index is 4.56. The number of benzene rings is 1. The van der Waals surface area contributed by atoms with Crippen molar-refractivity contribution in [3.05, 3.63) is 60.5 Å². The van der Waals surface area contributed by atoms with E-state index in [0.717, 1.165) is 18.7 Å². The van der Waals surface area contributed by atoms with Crippen molar-refractivity contribution in [3.63, 3.8) is 0 Å². The van der Waals surface area contributed by atoms with Gasteiger partial charge in [0.2, 0.25) is 0 Å². The summed E-state index contributed by atoms with van der Waals surface area (Å²) >= 11 is 0. The van der Waals surface area contributed by atoms with Crippen LogP contribution in [0.3, 0.4) is 0 Å². The van der Waals surface area contributed by atoms with Crippen LogP contribution in [0.1, 0.15) is 18.5 Å². The third-order valence-corrected chi connectivity index (χ3v) is 3.25. The van der Waals surface area contributed by atoms with Gasteiger partial charge in [-0.15, -0.1) is 0 Å². The fourth-order valence-corrected chi connectivity index (χ4v) is 2.37. The summed E-state index contributed by atoms with van der Waals surface area (Å²) in [6.07, 6.45) is 10.7. The van der Waals surface area contributed by atoms with Crippen LogP contribution < -0.4 is 0 Å². The lowest BCUT2D eigenvalue weighted by Crippen LogP contribution is -2.03. The van der Waals surface area contributed by atoms with E-state index in [4.69, 9.17) is 0 Å². The highest BCUT2D eigenvalue weighted by molar-refractivity contribution is 5.64. The fraction of sp³-hybridized carbons (Fsp3) is 0.188. The van der Waals surface area contributed by atoms with Crippen LogP contribution in [0.4, 0.5) is 0 Å². The molecule has 90 valence electrons. The monoisotopic (exact) mass is 236 g/mol. The summed E-state index contributed by atoms with van der Waals surface area (Å²) in [5, 5.41) is 0. The summed E-state index contributed by atoms with van der Waals surface area (Å²) in [4.78, 5) is 4.56. The average molecular weight is 236 g/mol. The van der Waals surface area contributed by atoms with E-state index < -0.39 is 0 Å². The molecule has 1 heterocycles. The van der Waals surface area contributed by atoms with Gasteiger partial charge in [0.1, 0.15) is 5.82 Å². The van der Waals surface area contributed by atoms with E-state index in [1.807, 2.05) is 12.3 Å². The van der Waals surface area contributed by atoms with E-state index in [0.29, 0.717) is 0 Å². The highest BCUT2D eigenvalue weighted by atomic mass is 15.1. The second-order valence-corrected chi connectivity index (χ2v) is 4.55. The van der Waals surface area contributed by atoms with Crippen LogP contribution in [-0.2, 0) is 0 Å². The summed E-state index contributed by atoms with van der Waals surface area (Å²) in [7, 11) is 0. The number of allylic oxidation sites excluding steroid dienone is 4. The second kappa shape index (κ2) is 4.65. The summed E-state index contributed by atoms with van der Waals surface area (Å²) < 4.78 is 2.26. The first-order valence-electron chi connectivity index (χ1n) is 6.32. The highest BCUT2D eigenvalue weighted by Gasteiger charge is 2.13. The van der Waals surface area contributed by atoms with Crippen LogP contribution in [0.5, 0.6) is 0 Å². The average Bonchev–Trinajstić information content (AvgIpc) is 2.83. The van der Waals surface area contributed by atoms with Crippen molar-refractivity contribution in [1.29, 1.82) is 0 Å². The summed E-state index contributed by atoms with van der Waals surface area (Å²) in [5.41, 5.74) is 3.68. The number of rotatable bonds is 2. The van der Waals surface area contributed by atoms with E-state index in [1.54, 1.807) is 0 Å². The number of nitrogens with zero attached hydrogens (tertiary/aromatic N) is 2. The highest BCUT2D eigenvalue weighted by Crippen LogP contribution is 2.27. The quantitative estimate of drug-likeness (QED) is 0.769. The second-order valence-electron chi connectivity index (χ2n) is 4.55. The molecule has 0 bridgehead atoms. The molecule has 18 heavy (non-hydrogen) atoms. The molecule has 0 amide bonds. The Morgan fingerprint density at radius 1 is 1.17 bits per heavy atom. The van der Waals surface area contributed by atoms with Gasteiger partial charge in [0.05, 0.1) is 0 Å². The smallest absolute Gasteiger partial charge is 0.144 e. The van der Waals surface area contributed by atoms with E-state index in [2.05, 4.69) is 59.0 Å². The first kappa shape index (κ1) is 11.0. The van der Waals surface area contributed by atoms with Gasteiger partial charge >= 0.3 is 0 Å². The van der Waals surface area contributed by atoms with Gasteiger partial charge in [-0.2, -0.15) is 0 Å². The molecular weight excluding hydrogens is 220 g/mol. The largest absolute Gasteiger partial charge is 0.301 e. The van der Waals surface area contributed by atoms with Crippen molar-refractivity contribution in [1.82, 2.24) is 9.55 Å². The molecule has 0 N–H and O–H groups in total. The van der Waals surface area contributed by atoms with Gasteiger partial charge < -0.3 is 4.57 Å². The molecule has 0 unspecified atom stereocenters. The molecule has 0 saturated carbocycles. The number of hydrogen-bond donors (Lipinski definition) is 0. The maximum atomic E-state index is 4.56. The molecule has 1 aromatic heterocycles. The first-order valence-corrected chi connectivity index (χ1v) is 6.32. The number of hydrogen-bond acceptors (Lipinski definition) is 1. The lowest BCUT2D eigenvalue weighted by Gasteiger charge is -2.15. The first-order chi connectivity index (χ1) is 8.86. The van der Waals surface area contributed by atoms with Crippen LogP contribution in [0.25, 0.3) is 17.1 Å². The molecule has 2 nitrogen and oxygen atoms in total. The lowest BCUT2D eigenvalue weighted by atomic mass is 10.1. The van der Waals surface area contributed by atoms with Gasteiger partial charge in [-0.3, -0.25) is 0 Å². The van der Waals surface area contributed by atoms with Gasteiger partial charge in [0.15, 0.2) is 0 Å². The van der Waals surface area contributed by atoms with E-state index in [-0.39, 0.29) is 0 Å². The van der Waals surface area contributed by atoms with E-state index >= 15 is 0 Å². The molecule has 0 spiro atoms. The minimum absolute atomic E-state index is 1.04. The third-order valence-electron chi connectivity index (χ3n) is 3.25. The predicted octanol–water partition coefficient (Wildman–Crippen LogP) is 4.05. The van der Waals surface area contributed by atoms with Crippen molar-refractivity contribution in [3.8, 4) is 11.4 Å². The minimum Gasteiger partial charge on any atom is -0.301 e. The normalized spacial score (nSPS) is 14.6. The molecule has 0 aliphatic heterocycles. The minimum atomic E-state index is 1.04. The van der Waals surface area contributed by atoms with Crippen molar-refractivity contribution >= 4 is 5.70 Å². The lowest BCUT2D eigenvalue weighted by molar-refractivity contribution is 0.922. The summed E-state index contributed by atoms with van der Waals surface area (Å²) in [6, 6.07) is 10.4. The van der Waals surface area contributed by atoms with Crippen LogP contribution >= 0.6 is 0 Å². The Kier molecular flexibility index (Phi) is 2.85. The number of aromatic nitrogens is 2. The molecule has 1 aliphatic carbocycles. The van der Waals surface area contributed by atoms with Gasteiger partial charge in [-0.1, -0.05) is 42.5 Å². The Morgan fingerprint density at radius 3 is 2.72 bits per heavy atom. The molecule has 0 atom stereocenters. The Balaban J connectivity index is 2.12. The molecule has 2 heteroatoms. The zero-order valence-electron chi connectivity index (χ0n) is 10.5. The summed E-state index contributed by atoms with van der Waals surface area (Å²) in [6.45, 7) is 2.11. The van der Waals surface area contributed by atoms with E-state index in [9.17, 15) is 0 Å². The molecule has 0 saturated heterocycles. The van der Waals surface area contributed by atoms with E-state index in [1.165, 1.54) is 17.0 Å². The standard InChI is InChI=1S/C16H16N2/c1-13-12-17-16(14-8-4-2-5-9-14)18(13)15-10-6-3-7-11-15/h2-6,8-10,12H,7,11H2,1H3. The van der Waals surface area contributed by atoms with Gasteiger partial charge in [0, 0.05) is 23.2 Å². The molecule has 0 fully saturated rings. The van der Waals surface area contributed by atoms with Crippen molar-refractivity contribution in [2.24, 2.45) is 0 Å².